The van der Waals surface area contributed by atoms with Crippen molar-refractivity contribution in [3.63, 3.8) is 0 Å². The highest BCUT2D eigenvalue weighted by Crippen LogP contribution is 2.38. The fraction of sp³-hybridized carbons (Fsp3) is 0.478. The van der Waals surface area contributed by atoms with Gasteiger partial charge in [-0.3, -0.25) is 14.5 Å². The van der Waals surface area contributed by atoms with Crippen molar-refractivity contribution in [2.24, 2.45) is 5.92 Å². The van der Waals surface area contributed by atoms with Gasteiger partial charge >= 0.3 is 0 Å². The molecule has 0 N–H and O–H groups in total. The second-order valence-electron chi connectivity index (χ2n) is 8.46. The molecule has 5 nitrogen and oxygen atoms in total. The van der Waals surface area contributed by atoms with Crippen molar-refractivity contribution in [1.82, 2.24) is 14.7 Å². The van der Waals surface area contributed by atoms with E-state index in [1.165, 1.54) is 16.5 Å². The van der Waals surface area contributed by atoms with Crippen LogP contribution in [0.2, 0.25) is 0 Å². The minimum atomic E-state index is -0.252. The first kappa shape index (κ1) is 19.7. The van der Waals surface area contributed by atoms with E-state index in [-0.39, 0.29) is 29.6 Å². The molecule has 5 rings (SSSR count). The van der Waals surface area contributed by atoms with Crippen LogP contribution in [-0.4, -0.2) is 65.8 Å². The van der Waals surface area contributed by atoms with Crippen LogP contribution in [0.1, 0.15) is 34.9 Å². The van der Waals surface area contributed by atoms with Crippen molar-refractivity contribution in [2.75, 3.05) is 39.3 Å². The Hall–Kier alpha value is -2.25. The molecule has 0 unspecified atom stereocenters. The molecule has 3 aliphatic rings. The van der Waals surface area contributed by atoms with Gasteiger partial charge in [0.15, 0.2) is 0 Å². The topological polar surface area (TPSA) is 43.9 Å². The van der Waals surface area contributed by atoms with E-state index < -0.39 is 0 Å². The maximum atomic E-state index is 13.9. The van der Waals surface area contributed by atoms with Crippen molar-refractivity contribution in [3.05, 3.63) is 57.5 Å². The number of thiophene rings is 1. The highest BCUT2D eigenvalue weighted by Gasteiger charge is 2.36. The van der Waals surface area contributed by atoms with E-state index in [0.717, 1.165) is 31.4 Å². The molecular formula is C23H26FN3O2S. The summed E-state index contributed by atoms with van der Waals surface area (Å²) < 4.78 is 13.9. The third kappa shape index (κ3) is 3.88. The van der Waals surface area contributed by atoms with E-state index in [9.17, 15) is 14.0 Å². The number of carbonyl (C=O) groups is 2. The predicted molar refractivity (Wildman–Crippen MR) is 114 cm³/mol. The van der Waals surface area contributed by atoms with Gasteiger partial charge in [-0.2, -0.15) is 0 Å². The largest absolute Gasteiger partial charge is 0.339 e. The van der Waals surface area contributed by atoms with Gasteiger partial charge in [-0.25, -0.2) is 4.39 Å². The van der Waals surface area contributed by atoms with Crippen LogP contribution in [0.3, 0.4) is 0 Å². The van der Waals surface area contributed by atoms with Crippen LogP contribution in [0.5, 0.6) is 0 Å². The lowest BCUT2D eigenvalue weighted by Gasteiger charge is -2.39. The molecule has 0 bridgehead atoms. The van der Waals surface area contributed by atoms with Crippen LogP contribution < -0.4 is 0 Å². The summed E-state index contributed by atoms with van der Waals surface area (Å²) in [4.78, 5) is 32.6. The first-order valence-corrected chi connectivity index (χ1v) is 11.6. The fourth-order valence-electron chi connectivity index (χ4n) is 4.64. The first-order chi connectivity index (χ1) is 14.6. The maximum absolute atomic E-state index is 13.9. The van der Waals surface area contributed by atoms with Gasteiger partial charge in [0, 0.05) is 43.5 Å². The number of piperazine rings is 1. The standard InChI is InChI=1S/C23H26FN3O2S/c24-18-3-1-2-17(14-18)22-19-7-13-30-20(19)6-8-27(22)15-21(28)25-9-11-26(12-10-25)23(29)16-4-5-16/h1-3,7,13-14,16,22H,4-6,8-12,15H2/t22-/m1/s1. The van der Waals surface area contributed by atoms with Crippen molar-refractivity contribution in [2.45, 2.75) is 25.3 Å². The average molecular weight is 428 g/mol. The van der Waals surface area contributed by atoms with Crippen molar-refractivity contribution < 1.29 is 14.0 Å². The Kier molecular flexibility index (Phi) is 5.33. The lowest BCUT2D eigenvalue weighted by molar-refractivity contribution is -0.141. The van der Waals surface area contributed by atoms with Gasteiger partial charge in [-0.1, -0.05) is 12.1 Å². The number of nitrogens with zero attached hydrogens (tertiary/aromatic N) is 3. The molecular weight excluding hydrogens is 401 g/mol. The molecule has 30 heavy (non-hydrogen) atoms. The van der Waals surface area contributed by atoms with Crippen molar-refractivity contribution in [3.8, 4) is 0 Å². The zero-order chi connectivity index (χ0) is 20.7. The number of halogens is 1. The number of hydrogen-bond donors (Lipinski definition) is 0. The molecule has 2 amide bonds. The predicted octanol–water partition coefficient (Wildman–Crippen LogP) is 2.92. The van der Waals surface area contributed by atoms with Crippen LogP contribution in [0.15, 0.2) is 35.7 Å². The van der Waals surface area contributed by atoms with Gasteiger partial charge in [-0.05, 0) is 54.0 Å². The molecule has 2 aromatic rings. The smallest absolute Gasteiger partial charge is 0.236 e. The fourth-order valence-corrected chi connectivity index (χ4v) is 5.55. The molecule has 1 saturated heterocycles. The number of hydrogen-bond acceptors (Lipinski definition) is 4. The molecule has 0 spiro atoms. The number of rotatable bonds is 4. The Morgan fingerprint density at radius 1 is 1.03 bits per heavy atom. The molecule has 0 radical (unpaired) electrons. The second kappa shape index (κ2) is 8.12. The van der Waals surface area contributed by atoms with E-state index >= 15 is 0 Å². The Morgan fingerprint density at radius 3 is 2.53 bits per heavy atom. The van der Waals surface area contributed by atoms with Gasteiger partial charge in [0.2, 0.25) is 11.8 Å². The van der Waals surface area contributed by atoms with E-state index in [2.05, 4.69) is 16.3 Å². The van der Waals surface area contributed by atoms with E-state index in [0.29, 0.717) is 32.7 Å². The number of amides is 2. The number of fused-ring (bicyclic) bond motifs is 1. The number of carbonyl (C=O) groups excluding carboxylic acids is 2. The Bertz CT molecular complexity index is 949. The molecule has 7 heteroatoms. The lowest BCUT2D eigenvalue weighted by Crippen LogP contribution is -2.53. The SMILES string of the molecule is O=C(CN1CCc2sccc2[C@H]1c1cccc(F)c1)N1CCN(C(=O)C2CC2)CC1. The zero-order valence-electron chi connectivity index (χ0n) is 16.9. The van der Waals surface area contributed by atoms with Gasteiger partial charge in [0.1, 0.15) is 5.82 Å². The third-order valence-electron chi connectivity index (χ3n) is 6.44. The van der Waals surface area contributed by atoms with Crippen molar-refractivity contribution in [1.29, 1.82) is 0 Å². The molecule has 1 atom stereocenters. The minimum absolute atomic E-state index is 0.0913. The molecule has 1 aromatic carbocycles. The highest BCUT2D eigenvalue weighted by atomic mass is 32.1. The first-order valence-electron chi connectivity index (χ1n) is 10.7. The van der Waals surface area contributed by atoms with Gasteiger partial charge in [0.05, 0.1) is 12.6 Å². The monoisotopic (exact) mass is 427 g/mol. The minimum Gasteiger partial charge on any atom is -0.339 e. The summed E-state index contributed by atoms with van der Waals surface area (Å²) in [5.74, 6) is 0.327. The summed E-state index contributed by atoms with van der Waals surface area (Å²) in [5, 5.41) is 2.08. The summed E-state index contributed by atoms with van der Waals surface area (Å²) in [6.45, 7) is 3.54. The Morgan fingerprint density at radius 2 is 1.80 bits per heavy atom. The summed E-state index contributed by atoms with van der Waals surface area (Å²) in [6, 6.07) is 8.73. The molecule has 2 fully saturated rings. The quantitative estimate of drug-likeness (QED) is 0.754. The Labute approximate surface area is 180 Å². The van der Waals surface area contributed by atoms with Crippen LogP contribution in [-0.2, 0) is 16.0 Å². The summed E-state index contributed by atoms with van der Waals surface area (Å²) in [7, 11) is 0. The number of benzene rings is 1. The van der Waals surface area contributed by atoms with Gasteiger partial charge in [-0.15, -0.1) is 11.3 Å². The maximum Gasteiger partial charge on any atom is 0.236 e. The summed E-state index contributed by atoms with van der Waals surface area (Å²) >= 11 is 1.73. The van der Waals surface area contributed by atoms with Gasteiger partial charge in [0.25, 0.3) is 0 Å². The van der Waals surface area contributed by atoms with E-state index in [1.54, 1.807) is 23.5 Å². The molecule has 1 saturated carbocycles. The summed E-state index contributed by atoms with van der Waals surface area (Å²) in [6.07, 6.45) is 2.94. The van der Waals surface area contributed by atoms with Crippen LogP contribution in [0.4, 0.5) is 4.39 Å². The van der Waals surface area contributed by atoms with E-state index in [4.69, 9.17) is 0 Å². The molecule has 158 valence electrons. The van der Waals surface area contributed by atoms with Gasteiger partial charge < -0.3 is 9.80 Å². The summed E-state index contributed by atoms with van der Waals surface area (Å²) in [5.41, 5.74) is 2.08. The lowest BCUT2D eigenvalue weighted by atomic mass is 9.93. The van der Waals surface area contributed by atoms with E-state index in [1.807, 2.05) is 15.9 Å². The van der Waals surface area contributed by atoms with Crippen molar-refractivity contribution >= 4 is 23.2 Å². The van der Waals surface area contributed by atoms with Crippen LogP contribution in [0.25, 0.3) is 0 Å². The highest BCUT2D eigenvalue weighted by molar-refractivity contribution is 7.10. The zero-order valence-corrected chi connectivity index (χ0v) is 17.7. The van der Waals surface area contributed by atoms with Crippen LogP contribution in [0, 0.1) is 11.7 Å². The molecule has 3 heterocycles. The molecule has 1 aromatic heterocycles. The molecule has 1 aliphatic carbocycles. The normalized spacial score (nSPS) is 22.1. The Balaban J connectivity index is 1.28. The van der Waals surface area contributed by atoms with Crippen LogP contribution >= 0.6 is 11.3 Å². The third-order valence-corrected chi connectivity index (χ3v) is 7.44. The molecule has 2 aliphatic heterocycles. The average Bonchev–Trinajstić information content (AvgIpc) is 3.50. The second-order valence-corrected chi connectivity index (χ2v) is 9.46.